The number of aromatic nitrogens is 5. The van der Waals surface area contributed by atoms with Crippen LogP contribution in [0.5, 0.6) is 5.75 Å². The predicted octanol–water partition coefficient (Wildman–Crippen LogP) is 4.01. The number of anilines is 2. The molecule has 2 bridgehead atoms. The molecule has 1 unspecified atom stereocenters. The Morgan fingerprint density at radius 3 is 2.55 bits per heavy atom. The van der Waals surface area contributed by atoms with Crippen molar-refractivity contribution in [3.8, 4) is 16.9 Å². The lowest BCUT2D eigenvalue weighted by Crippen LogP contribution is -2.60. The van der Waals surface area contributed by atoms with Gasteiger partial charge < -0.3 is 19.7 Å². The molecule has 0 aliphatic carbocycles. The van der Waals surface area contributed by atoms with Crippen molar-refractivity contribution < 1.29 is 14.3 Å². The molecule has 6 rings (SSSR count). The van der Waals surface area contributed by atoms with Gasteiger partial charge in [0, 0.05) is 55.0 Å². The second-order valence-corrected chi connectivity index (χ2v) is 10.2. The van der Waals surface area contributed by atoms with Crippen molar-refractivity contribution in [1.29, 1.82) is 0 Å². The highest BCUT2D eigenvalue weighted by Crippen LogP contribution is 2.36. The van der Waals surface area contributed by atoms with E-state index in [1.807, 2.05) is 60.8 Å². The van der Waals surface area contributed by atoms with Gasteiger partial charge in [0.05, 0.1) is 37.0 Å². The van der Waals surface area contributed by atoms with Crippen molar-refractivity contribution in [2.24, 2.45) is 0 Å². The molecule has 2 aliphatic heterocycles. The fourth-order valence-corrected chi connectivity index (χ4v) is 5.66. The van der Waals surface area contributed by atoms with Crippen molar-refractivity contribution in [2.75, 3.05) is 18.5 Å². The van der Waals surface area contributed by atoms with E-state index >= 15 is 0 Å². The number of nitrogens with one attached hydrogen (secondary N) is 1. The largest absolute Gasteiger partial charge is 0.488 e. The van der Waals surface area contributed by atoms with E-state index in [2.05, 4.69) is 37.5 Å². The van der Waals surface area contributed by atoms with Crippen LogP contribution in [0.25, 0.3) is 16.6 Å². The standard InChI is InChI=1S/C28H31N7O3/c1-16-7-25(26(13-29-16)38-24-10-22-14-37-15-23(11-24)35(22)19(4)36)20-5-6-34-21(9-20)12-28(33-34)32-27-8-17(2)30-18(3)31-27/h5-9,12-13,22-24H,10-11,14-15H2,1-4H3,(H,30,31,32,33)/t22-,23+,24?. The molecule has 2 fully saturated rings. The third-order valence-electron chi connectivity index (χ3n) is 7.14. The number of piperidine rings is 1. The highest BCUT2D eigenvalue weighted by atomic mass is 16.5. The number of amides is 1. The monoisotopic (exact) mass is 513 g/mol. The summed E-state index contributed by atoms with van der Waals surface area (Å²) in [6.07, 6.45) is 5.21. The first-order chi connectivity index (χ1) is 18.3. The molecule has 196 valence electrons. The fraction of sp³-hybridized carbons (Fsp3) is 0.393. The highest BCUT2D eigenvalue weighted by molar-refractivity contribution is 5.76. The van der Waals surface area contributed by atoms with Gasteiger partial charge in [-0.25, -0.2) is 14.5 Å². The number of pyridine rings is 2. The van der Waals surface area contributed by atoms with Crippen LogP contribution in [0, 0.1) is 20.8 Å². The van der Waals surface area contributed by atoms with E-state index in [-0.39, 0.29) is 24.1 Å². The molecule has 6 heterocycles. The Hall–Kier alpha value is -4.05. The van der Waals surface area contributed by atoms with E-state index < -0.39 is 0 Å². The number of aryl methyl sites for hydroxylation is 3. The molecule has 0 spiro atoms. The number of nitrogens with zero attached hydrogens (tertiary/aromatic N) is 6. The SMILES string of the molecule is CC(=O)N1[C@@H]2COC[C@H]1CC(Oc1cnc(C)cc1-c1ccn3nc(Nc4cc(C)nc(C)n4)cc3c1)C2. The van der Waals surface area contributed by atoms with Crippen LogP contribution in [0.1, 0.15) is 37.0 Å². The summed E-state index contributed by atoms with van der Waals surface area (Å²) in [6.45, 7) is 8.54. The second-order valence-electron chi connectivity index (χ2n) is 10.2. The predicted molar refractivity (Wildman–Crippen MR) is 143 cm³/mol. The molecule has 1 N–H and O–H groups in total. The molecular weight excluding hydrogens is 482 g/mol. The number of fused-ring (bicyclic) bond motifs is 3. The average Bonchev–Trinajstić information content (AvgIpc) is 3.25. The highest BCUT2D eigenvalue weighted by Gasteiger charge is 2.41. The minimum Gasteiger partial charge on any atom is -0.488 e. The topological polar surface area (TPSA) is 107 Å². The van der Waals surface area contributed by atoms with Gasteiger partial charge in [-0.1, -0.05) is 0 Å². The van der Waals surface area contributed by atoms with E-state index in [0.717, 1.165) is 46.6 Å². The minimum atomic E-state index is -0.0120. The third kappa shape index (κ3) is 4.79. The zero-order valence-corrected chi connectivity index (χ0v) is 22.0. The van der Waals surface area contributed by atoms with E-state index in [4.69, 9.17) is 9.47 Å². The van der Waals surface area contributed by atoms with Crippen molar-refractivity contribution >= 4 is 23.1 Å². The van der Waals surface area contributed by atoms with Gasteiger partial charge in [0.1, 0.15) is 23.5 Å². The number of morpholine rings is 1. The molecule has 10 heteroatoms. The van der Waals surface area contributed by atoms with Crippen LogP contribution in [-0.4, -0.2) is 66.8 Å². The maximum atomic E-state index is 12.2. The fourth-order valence-electron chi connectivity index (χ4n) is 5.66. The van der Waals surface area contributed by atoms with Gasteiger partial charge in [0.15, 0.2) is 5.82 Å². The molecule has 1 amide bonds. The summed E-state index contributed by atoms with van der Waals surface area (Å²) in [7, 11) is 0. The molecule has 0 saturated carbocycles. The Bertz CT molecular complexity index is 1480. The Kier molecular flexibility index (Phi) is 6.19. The lowest BCUT2D eigenvalue weighted by Gasteiger charge is -2.47. The van der Waals surface area contributed by atoms with Gasteiger partial charge in [0.25, 0.3) is 0 Å². The van der Waals surface area contributed by atoms with Crippen molar-refractivity contribution in [3.05, 3.63) is 59.9 Å². The zero-order valence-electron chi connectivity index (χ0n) is 22.0. The van der Waals surface area contributed by atoms with E-state index in [9.17, 15) is 4.79 Å². The minimum absolute atomic E-state index is 0.0120. The number of hydrogen-bond donors (Lipinski definition) is 1. The first-order valence-electron chi connectivity index (χ1n) is 12.9. The van der Waals surface area contributed by atoms with E-state index in [1.165, 1.54) is 0 Å². The lowest BCUT2D eigenvalue weighted by molar-refractivity contribution is -0.153. The molecule has 2 aliphatic rings. The Labute approximate surface area is 221 Å². The molecule has 2 saturated heterocycles. The molecule has 0 radical (unpaired) electrons. The zero-order chi connectivity index (χ0) is 26.4. The number of rotatable bonds is 5. The summed E-state index contributed by atoms with van der Waals surface area (Å²) in [4.78, 5) is 27.5. The molecular formula is C28H31N7O3. The summed E-state index contributed by atoms with van der Waals surface area (Å²) >= 11 is 0. The maximum absolute atomic E-state index is 12.2. The quantitative estimate of drug-likeness (QED) is 0.427. The number of hydrogen-bond acceptors (Lipinski definition) is 8. The Morgan fingerprint density at radius 1 is 1.03 bits per heavy atom. The summed E-state index contributed by atoms with van der Waals surface area (Å²) in [5.74, 6) is 2.97. The lowest BCUT2D eigenvalue weighted by atomic mass is 9.91. The second kappa shape index (κ2) is 9.68. The normalized spacial score (nSPS) is 20.9. The van der Waals surface area contributed by atoms with E-state index in [1.54, 1.807) is 6.92 Å². The summed E-state index contributed by atoms with van der Waals surface area (Å²) in [6, 6.07) is 10.2. The molecule has 38 heavy (non-hydrogen) atoms. The van der Waals surface area contributed by atoms with Crippen LogP contribution in [0.2, 0.25) is 0 Å². The van der Waals surface area contributed by atoms with Crippen LogP contribution in [-0.2, 0) is 9.53 Å². The van der Waals surface area contributed by atoms with Crippen LogP contribution < -0.4 is 10.1 Å². The molecule has 10 nitrogen and oxygen atoms in total. The molecule has 0 aromatic carbocycles. The number of carbonyl (C=O) groups is 1. The van der Waals surface area contributed by atoms with E-state index in [0.29, 0.717) is 30.7 Å². The summed E-state index contributed by atoms with van der Waals surface area (Å²) in [5.41, 5.74) is 4.74. The third-order valence-corrected chi connectivity index (χ3v) is 7.14. The average molecular weight is 514 g/mol. The van der Waals surface area contributed by atoms with Crippen molar-refractivity contribution in [3.63, 3.8) is 0 Å². The van der Waals surface area contributed by atoms with Gasteiger partial charge >= 0.3 is 0 Å². The molecule has 4 aromatic rings. The Morgan fingerprint density at radius 2 is 1.82 bits per heavy atom. The molecule has 4 aromatic heterocycles. The van der Waals surface area contributed by atoms with Crippen molar-refractivity contribution in [1.82, 2.24) is 29.5 Å². The first-order valence-corrected chi connectivity index (χ1v) is 12.9. The van der Waals surface area contributed by atoms with Crippen molar-refractivity contribution in [2.45, 2.75) is 58.7 Å². The maximum Gasteiger partial charge on any atom is 0.220 e. The number of carbonyl (C=O) groups excluding carboxylic acids is 1. The number of ether oxygens (including phenoxy) is 2. The van der Waals surface area contributed by atoms with Gasteiger partial charge in [-0.3, -0.25) is 9.78 Å². The van der Waals surface area contributed by atoms with Crippen LogP contribution in [0.3, 0.4) is 0 Å². The summed E-state index contributed by atoms with van der Waals surface area (Å²) in [5, 5.41) is 7.93. The van der Waals surface area contributed by atoms with Crippen LogP contribution >= 0.6 is 0 Å². The van der Waals surface area contributed by atoms with Crippen LogP contribution in [0.4, 0.5) is 11.6 Å². The molecule has 3 atom stereocenters. The van der Waals surface area contributed by atoms with Gasteiger partial charge in [-0.05, 0) is 44.5 Å². The first kappa shape index (κ1) is 24.3. The summed E-state index contributed by atoms with van der Waals surface area (Å²) < 4.78 is 14.1. The smallest absolute Gasteiger partial charge is 0.220 e. The van der Waals surface area contributed by atoms with Gasteiger partial charge in [-0.2, -0.15) is 5.10 Å². The van der Waals surface area contributed by atoms with Gasteiger partial charge in [-0.15, -0.1) is 0 Å². The van der Waals surface area contributed by atoms with Crippen LogP contribution in [0.15, 0.2) is 42.7 Å². The van der Waals surface area contributed by atoms with Gasteiger partial charge in [0.2, 0.25) is 5.91 Å². The Balaban J connectivity index is 1.27.